The maximum absolute atomic E-state index is 14.3. The molecular weight excluding hydrogens is 599 g/mol. The predicted molar refractivity (Wildman–Crippen MR) is 173 cm³/mol. The topological polar surface area (TPSA) is 114 Å². The normalized spacial score (nSPS) is 16.6. The van der Waals surface area contributed by atoms with E-state index in [0.29, 0.717) is 30.1 Å². The van der Waals surface area contributed by atoms with Gasteiger partial charge in [0.1, 0.15) is 24.1 Å². The lowest BCUT2D eigenvalue weighted by atomic mass is 10.0. The number of ketones is 1. The Morgan fingerprint density at radius 2 is 1.94 bits per heavy atom. The van der Waals surface area contributed by atoms with Crippen LogP contribution in [0.5, 0.6) is 5.88 Å². The van der Waals surface area contributed by atoms with E-state index in [2.05, 4.69) is 24.4 Å². The molecule has 0 aliphatic carbocycles. The number of hydrogen-bond acceptors (Lipinski definition) is 9. The minimum atomic E-state index is -0.475. The van der Waals surface area contributed by atoms with E-state index in [1.807, 2.05) is 49.6 Å². The van der Waals surface area contributed by atoms with Gasteiger partial charge in [0.05, 0.1) is 47.6 Å². The van der Waals surface area contributed by atoms with E-state index in [0.717, 1.165) is 73.1 Å². The molecule has 2 saturated heterocycles. The van der Waals surface area contributed by atoms with Gasteiger partial charge in [0, 0.05) is 68.8 Å². The van der Waals surface area contributed by atoms with Crippen LogP contribution in [0, 0.1) is 17.1 Å². The molecule has 0 unspecified atom stereocenters. The van der Waals surface area contributed by atoms with Crippen molar-refractivity contribution in [2.75, 3.05) is 37.7 Å². The van der Waals surface area contributed by atoms with Crippen LogP contribution >= 0.6 is 0 Å². The van der Waals surface area contributed by atoms with Gasteiger partial charge in [-0.05, 0) is 49.7 Å². The number of benzene rings is 2. The van der Waals surface area contributed by atoms with E-state index < -0.39 is 5.82 Å². The van der Waals surface area contributed by atoms with Crippen LogP contribution in [0.15, 0.2) is 60.8 Å². The van der Waals surface area contributed by atoms with E-state index >= 15 is 0 Å². The fraction of sp³-hybridized carbons (Fsp3) is 0.343. The van der Waals surface area contributed by atoms with Crippen molar-refractivity contribution in [3.63, 3.8) is 0 Å². The zero-order valence-corrected chi connectivity index (χ0v) is 26.4. The smallest absolute Gasteiger partial charge is 0.215 e. The molecule has 0 N–H and O–H groups in total. The van der Waals surface area contributed by atoms with Crippen LogP contribution in [0.3, 0.4) is 0 Å². The zero-order chi connectivity index (χ0) is 32.5. The third kappa shape index (κ3) is 6.45. The Kier molecular flexibility index (Phi) is 8.41. The fourth-order valence-corrected chi connectivity index (χ4v) is 6.07. The average Bonchev–Trinajstić information content (AvgIpc) is 3.64. The molecule has 5 aromatic rings. The number of halogens is 1. The Labute approximate surface area is 271 Å². The van der Waals surface area contributed by atoms with Gasteiger partial charge in [-0.25, -0.2) is 9.37 Å². The van der Waals surface area contributed by atoms with Gasteiger partial charge in [-0.2, -0.15) is 15.3 Å². The fourth-order valence-electron chi connectivity index (χ4n) is 6.07. The van der Waals surface area contributed by atoms with Crippen molar-refractivity contribution < 1.29 is 18.7 Å². The highest BCUT2D eigenvalue weighted by Gasteiger charge is 2.26. The van der Waals surface area contributed by atoms with E-state index in [-0.39, 0.29) is 24.1 Å². The molecule has 0 amide bonds. The standard InChI is InChI=1S/C35H35FN8O3/c1-23(45)26-17-28(30-8-10-41(2)40-30)35-31(18-26)44(20-27-9-15-46-27)33(39-35)21-42-11-13-43(14-12-42)32-4-3-5-34(38-32)47-22-25-7-6-24(19-37)16-29(25)36/h3-8,10,16-18,27H,9,11-15,20-22H2,1-2H3/t27-/m0/s1. The van der Waals surface area contributed by atoms with Gasteiger partial charge in [-0.3, -0.25) is 14.4 Å². The summed E-state index contributed by atoms with van der Waals surface area (Å²) in [4.78, 5) is 27.0. The number of aryl methyl sites for hydroxylation is 1. The van der Waals surface area contributed by atoms with Gasteiger partial charge in [0.2, 0.25) is 5.88 Å². The van der Waals surface area contributed by atoms with Crippen LogP contribution < -0.4 is 9.64 Å². The van der Waals surface area contributed by atoms with Crippen molar-refractivity contribution >= 4 is 22.6 Å². The van der Waals surface area contributed by atoms with Crippen molar-refractivity contribution in [3.8, 4) is 23.2 Å². The molecule has 2 aliphatic heterocycles. The number of carbonyl (C=O) groups is 1. The second-order valence-electron chi connectivity index (χ2n) is 12.0. The van der Waals surface area contributed by atoms with Crippen LogP contribution in [0.2, 0.25) is 0 Å². The molecule has 2 fully saturated rings. The molecule has 5 heterocycles. The molecule has 3 aromatic heterocycles. The van der Waals surface area contributed by atoms with E-state index in [9.17, 15) is 9.18 Å². The molecule has 1 atom stereocenters. The number of ether oxygens (including phenoxy) is 2. The van der Waals surface area contributed by atoms with Gasteiger partial charge in [-0.1, -0.05) is 12.1 Å². The van der Waals surface area contributed by atoms with E-state index in [4.69, 9.17) is 19.7 Å². The zero-order valence-electron chi connectivity index (χ0n) is 26.4. The summed E-state index contributed by atoms with van der Waals surface area (Å²) in [6.07, 6.45) is 3.01. The van der Waals surface area contributed by atoms with Crippen LogP contribution in [-0.4, -0.2) is 73.9 Å². The van der Waals surface area contributed by atoms with E-state index in [1.165, 1.54) is 6.07 Å². The van der Waals surface area contributed by atoms with Gasteiger partial charge in [0.15, 0.2) is 5.78 Å². The molecule has 0 saturated carbocycles. The Morgan fingerprint density at radius 3 is 2.62 bits per heavy atom. The summed E-state index contributed by atoms with van der Waals surface area (Å²) in [6.45, 7) is 6.84. The molecule has 2 aromatic carbocycles. The molecule has 0 spiro atoms. The summed E-state index contributed by atoms with van der Waals surface area (Å²) >= 11 is 0. The summed E-state index contributed by atoms with van der Waals surface area (Å²) in [7, 11) is 1.88. The van der Waals surface area contributed by atoms with Crippen LogP contribution in [-0.2, 0) is 31.5 Å². The third-order valence-corrected chi connectivity index (χ3v) is 8.84. The van der Waals surface area contributed by atoms with Gasteiger partial charge < -0.3 is 18.9 Å². The van der Waals surface area contributed by atoms with Crippen molar-refractivity contribution in [3.05, 3.63) is 89.1 Å². The molecule has 7 rings (SSSR count). The number of aromatic nitrogens is 5. The number of Topliss-reactive ketones (excluding diaryl/α,β-unsaturated/α-hetero) is 1. The number of nitrogens with zero attached hydrogens (tertiary/aromatic N) is 8. The highest BCUT2D eigenvalue weighted by Crippen LogP contribution is 2.32. The molecule has 0 radical (unpaired) electrons. The minimum Gasteiger partial charge on any atom is -0.473 e. The number of anilines is 1. The Balaban J connectivity index is 1.08. The summed E-state index contributed by atoms with van der Waals surface area (Å²) < 4.78 is 29.9. The summed E-state index contributed by atoms with van der Waals surface area (Å²) in [5.41, 5.74) is 4.66. The van der Waals surface area contributed by atoms with Crippen LogP contribution in [0.1, 0.15) is 40.7 Å². The van der Waals surface area contributed by atoms with E-state index in [1.54, 1.807) is 29.8 Å². The molecule has 240 valence electrons. The number of fused-ring (bicyclic) bond motifs is 1. The minimum absolute atomic E-state index is 0.00102. The van der Waals surface area contributed by atoms with Crippen molar-refractivity contribution in [1.82, 2.24) is 29.2 Å². The number of hydrogen-bond donors (Lipinski definition) is 0. The maximum atomic E-state index is 14.3. The molecular formula is C35H35FN8O3. The Bertz CT molecular complexity index is 1980. The number of pyridine rings is 1. The first-order chi connectivity index (χ1) is 22.8. The molecule has 12 heteroatoms. The van der Waals surface area contributed by atoms with Crippen molar-refractivity contribution in [1.29, 1.82) is 5.26 Å². The Morgan fingerprint density at radius 1 is 1.11 bits per heavy atom. The van der Waals surface area contributed by atoms with Crippen LogP contribution in [0.25, 0.3) is 22.3 Å². The summed E-state index contributed by atoms with van der Waals surface area (Å²) in [5.74, 6) is 1.67. The summed E-state index contributed by atoms with van der Waals surface area (Å²) in [5, 5.41) is 13.6. The summed E-state index contributed by atoms with van der Waals surface area (Å²) in [6, 6.07) is 17.7. The second-order valence-corrected chi connectivity index (χ2v) is 12.0. The van der Waals surface area contributed by atoms with Gasteiger partial charge in [-0.15, -0.1) is 0 Å². The quantitative estimate of drug-likeness (QED) is 0.201. The highest BCUT2D eigenvalue weighted by atomic mass is 19.1. The number of imidazole rings is 1. The first-order valence-corrected chi connectivity index (χ1v) is 15.8. The molecule has 47 heavy (non-hydrogen) atoms. The number of rotatable bonds is 10. The Hall–Kier alpha value is -5.12. The molecule has 11 nitrogen and oxygen atoms in total. The monoisotopic (exact) mass is 634 g/mol. The lowest BCUT2D eigenvalue weighted by molar-refractivity contribution is -0.0592. The largest absolute Gasteiger partial charge is 0.473 e. The van der Waals surface area contributed by atoms with Crippen LogP contribution in [0.4, 0.5) is 10.2 Å². The SMILES string of the molecule is CC(=O)c1cc(-c2ccn(C)n2)c2nc(CN3CCN(c4cccc(OCc5ccc(C#N)cc5F)n4)CC3)n(C[C@@H]3CCO3)c2c1. The third-order valence-electron chi connectivity index (χ3n) is 8.84. The lowest BCUT2D eigenvalue weighted by Gasteiger charge is -2.35. The molecule has 2 aliphatic rings. The number of piperazine rings is 1. The van der Waals surface area contributed by atoms with Crippen molar-refractivity contribution in [2.45, 2.75) is 39.1 Å². The van der Waals surface area contributed by atoms with Crippen molar-refractivity contribution in [2.24, 2.45) is 7.05 Å². The van der Waals surface area contributed by atoms with Gasteiger partial charge >= 0.3 is 0 Å². The van der Waals surface area contributed by atoms with Gasteiger partial charge in [0.25, 0.3) is 0 Å². The first-order valence-electron chi connectivity index (χ1n) is 15.8. The maximum Gasteiger partial charge on any atom is 0.215 e. The number of carbonyl (C=O) groups excluding carboxylic acids is 1. The highest BCUT2D eigenvalue weighted by molar-refractivity contribution is 6.02. The number of nitriles is 1. The second kappa shape index (κ2) is 12.9. The lowest BCUT2D eigenvalue weighted by Crippen LogP contribution is -2.46. The first kappa shape index (κ1) is 30.5. The predicted octanol–water partition coefficient (Wildman–Crippen LogP) is 4.74. The molecule has 0 bridgehead atoms. The average molecular weight is 635 g/mol.